The lowest BCUT2D eigenvalue weighted by atomic mass is 9.85. The molecule has 0 aromatic carbocycles. The summed E-state index contributed by atoms with van der Waals surface area (Å²) >= 11 is 0. The molecule has 2 rings (SSSR count). The van der Waals surface area contributed by atoms with E-state index in [0.717, 1.165) is 38.1 Å². The van der Waals surface area contributed by atoms with Gasteiger partial charge in [-0.05, 0) is 51.6 Å². The molecule has 1 atom stereocenters. The summed E-state index contributed by atoms with van der Waals surface area (Å²) in [5.74, 6) is 1.87. The number of hydrogen-bond donors (Lipinski definition) is 0. The number of Topliss-reactive ketones (excluding diaryl/α,β-unsaturated/α-hetero) is 1. The van der Waals surface area contributed by atoms with Crippen LogP contribution in [-0.4, -0.2) is 30.8 Å². The lowest BCUT2D eigenvalue weighted by Crippen LogP contribution is -2.31. The van der Waals surface area contributed by atoms with Crippen molar-refractivity contribution in [3.63, 3.8) is 0 Å². The second kappa shape index (κ2) is 5.11. The molecule has 0 spiro atoms. The van der Waals surface area contributed by atoms with E-state index >= 15 is 0 Å². The second-order valence-electron chi connectivity index (χ2n) is 5.40. The monoisotopic (exact) mass is 209 g/mol. The minimum absolute atomic E-state index is 0.397. The zero-order valence-electron chi connectivity index (χ0n) is 9.87. The highest BCUT2D eigenvalue weighted by atomic mass is 16.1. The number of nitrogens with zero attached hydrogens (tertiary/aromatic N) is 1. The first-order valence-corrected chi connectivity index (χ1v) is 6.47. The van der Waals surface area contributed by atoms with E-state index in [9.17, 15) is 4.79 Å². The normalized spacial score (nSPS) is 27.3. The summed E-state index contributed by atoms with van der Waals surface area (Å²) in [5, 5.41) is 0. The Balaban J connectivity index is 1.61. The van der Waals surface area contributed by atoms with E-state index < -0.39 is 0 Å². The van der Waals surface area contributed by atoms with Gasteiger partial charge < -0.3 is 4.90 Å². The topological polar surface area (TPSA) is 20.3 Å². The Hall–Kier alpha value is -0.370. The number of rotatable bonds is 5. The third-order valence-electron chi connectivity index (χ3n) is 4.09. The third kappa shape index (κ3) is 3.04. The van der Waals surface area contributed by atoms with Gasteiger partial charge in [-0.2, -0.15) is 0 Å². The van der Waals surface area contributed by atoms with Crippen LogP contribution in [0.15, 0.2) is 0 Å². The van der Waals surface area contributed by atoms with Crippen molar-refractivity contribution in [1.82, 2.24) is 4.90 Å². The van der Waals surface area contributed by atoms with Crippen molar-refractivity contribution in [1.29, 1.82) is 0 Å². The first-order valence-electron chi connectivity index (χ1n) is 6.47. The van der Waals surface area contributed by atoms with Crippen LogP contribution < -0.4 is 0 Å². The SMILES string of the molecule is CN(CCC1CCCC1=O)CC1CCC1. The fraction of sp³-hybridized carbons (Fsp3) is 0.923. The fourth-order valence-corrected chi connectivity index (χ4v) is 2.78. The van der Waals surface area contributed by atoms with E-state index in [4.69, 9.17) is 0 Å². The predicted molar refractivity (Wildman–Crippen MR) is 61.8 cm³/mol. The smallest absolute Gasteiger partial charge is 0.136 e. The lowest BCUT2D eigenvalue weighted by Gasteiger charge is -2.30. The average molecular weight is 209 g/mol. The first kappa shape index (κ1) is 11.1. The Morgan fingerprint density at radius 2 is 2.07 bits per heavy atom. The van der Waals surface area contributed by atoms with Gasteiger partial charge in [0.05, 0.1) is 0 Å². The zero-order chi connectivity index (χ0) is 10.7. The van der Waals surface area contributed by atoms with Crippen LogP contribution in [0.4, 0.5) is 0 Å². The molecule has 2 aliphatic rings. The summed E-state index contributed by atoms with van der Waals surface area (Å²) in [7, 11) is 2.21. The van der Waals surface area contributed by atoms with Gasteiger partial charge in [0, 0.05) is 18.9 Å². The van der Waals surface area contributed by atoms with Gasteiger partial charge in [0.25, 0.3) is 0 Å². The summed E-state index contributed by atoms with van der Waals surface area (Å²) in [6.07, 6.45) is 8.50. The lowest BCUT2D eigenvalue weighted by molar-refractivity contribution is -0.120. The molecule has 2 heteroatoms. The van der Waals surface area contributed by atoms with Crippen LogP contribution in [0.1, 0.15) is 44.9 Å². The van der Waals surface area contributed by atoms with E-state index in [1.807, 2.05) is 0 Å². The summed E-state index contributed by atoms with van der Waals surface area (Å²) in [6.45, 7) is 2.37. The molecule has 0 aromatic heterocycles. The maximum absolute atomic E-state index is 11.5. The number of hydrogen-bond acceptors (Lipinski definition) is 2. The Kier molecular flexibility index (Phi) is 3.79. The van der Waals surface area contributed by atoms with Crippen LogP contribution in [-0.2, 0) is 4.79 Å². The molecule has 2 nitrogen and oxygen atoms in total. The molecule has 86 valence electrons. The number of carbonyl (C=O) groups is 1. The molecule has 2 aliphatic carbocycles. The highest BCUT2D eigenvalue weighted by Crippen LogP contribution is 2.28. The van der Waals surface area contributed by atoms with Gasteiger partial charge in [-0.15, -0.1) is 0 Å². The molecule has 0 N–H and O–H groups in total. The molecule has 0 amide bonds. The fourth-order valence-electron chi connectivity index (χ4n) is 2.78. The molecule has 0 heterocycles. The van der Waals surface area contributed by atoms with E-state index in [1.54, 1.807) is 0 Å². The first-order chi connectivity index (χ1) is 7.25. The molecule has 2 saturated carbocycles. The van der Waals surface area contributed by atoms with Crippen LogP contribution in [0.25, 0.3) is 0 Å². The average Bonchev–Trinajstić information content (AvgIpc) is 2.55. The quantitative estimate of drug-likeness (QED) is 0.693. The Bertz CT molecular complexity index is 223. The molecule has 0 saturated heterocycles. The molecule has 1 unspecified atom stereocenters. The number of ketones is 1. The third-order valence-corrected chi connectivity index (χ3v) is 4.09. The van der Waals surface area contributed by atoms with Crippen molar-refractivity contribution < 1.29 is 4.79 Å². The predicted octanol–water partition coefficient (Wildman–Crippen LogP) is 2.48. The largest absolute Gasteiger partial charge is 0.306 e. The van der Waals surface area contributed by atoms with Crippen molar-refractivity contribution in [3.05, 3.63) is 0 Å². The maximum atomic E-state index is 11.5. The zero-order valence-corrected chi connectivity index (χ0v) is 9.87. The summed E-state index contributed by atoms with van der Waals surface area (Å²) in [4.78, 5) is 13.9. The Morgan fingerprint density at radius 3 is 2.60 bits per heavy atom. The van der Waals surface area contributed by atoms with E-state index in [0.29, 0.717) is 11.7 Å². The van der Waals surface area contributed by atoms with Crippen LogP contribution in [0.3, 0.4) is 0 Å². The Labute approximate surface area is 93.0 Å². The summed E-state index contributed by atoms with van der Waals surface area (Å²) < 4.78 is 0. The van der Waals surface area contributed by atoms with Crippen molar-refractivity contribution >= 4 is 5.78 Å². The minimum Gasteiger partial charge on any atom is -0.306 e. The van der Waals surface area contributed by atoms with Gasteiger partial charge in [-0.3, -0.25) is 4.79 Å². The second-order valence-corrected chi connectivity index (χ2v) is 5.40. The highest BCUT2D eigenvalue weighted by molar-refractivity contribution is 5.82. The van der Waals surface area contributed by atoms with Crippen LogP contribution in [0.5, 0.6) is 0 Å². The van der Waals surface area contributed by atoms with Crippen LogP contribution in [0.2, 0.25) is 0 Å². The van der Waals surface area contributed by atoms with Crippen LogP contribution >= 0.6 is 0 Å². The van der Waals surface area contributed by atoms with Crippen molar-refractivity contribution in [2.45, 2.75) is 44.9 Å². The van der Waals surface area contributed by atoms with E-state index in [-0.39, 0.29) is 0 Å². The van der Waals surface area contributed by atoms with Crippen molar-refractivity contribution in [2.24, 2.45) is 11.8 Å². The molecular weight excluding hydrogens is 186 g/mol. The number of carbonyl (C=O) groups excluding carboxylic acids is 1. The molecule has 2 fully saturated rings. The van der Waals surface area contributed by atoms with Crippen molar-refractivity contribution in [3.8, 4) is 0 Å². The van der Waals surface area contributed by atoms with E-state index in [1.165, 1.54) is 25.8 Å². The van der Waals surface area contributed by atoms with Gasteiger partial charge in [-0.25, -0.2) is 0 Å². The van der Waals surface area contributed by atoms with Gasteiger partial charge in [-0.1, -0.05) is 6.42 Å². The van der Waals surface area contributed by atoms with Crippen molar-refractivity contribution in [2.75, 3.05) is 20.1 Å². The summed E-state index contributed by atoms with van der Waals surface area (Å²) in [6, 6.07) is 0. The van der Waals surface area contributed by atoms with Gasteiger partial charge in [0.15, 0.2) is 0 Å². The van der Waals surface area contributed by atoms with Gasteiger partial charge in [0.2, 0.25) is 0 Å². The standard InChI is InChI=1S/C13H23NO/c1-14(10-11-4-2-5-11)9-8-12-6-3-7-13(12)15/h11-12H,2-10H2,1H3. The van der Waals surface area contributed by atoms with Gasteiger partial charge in [0.1, 0.15) is 5.78 Å². The van der Waals surface area contributed by atoms with Crippen LogP contribution in [0, 0.1) is 11.8 Å². The maximum Gasteiger partial charge on any atom is 0.136 e. The summed E-state index contributed by atoms with van der Waals surface area (Å²) in [5.41, 5.74) is 0. The molecule has 0 aliphatic heterocycles. The van der Waals surface area contributed by atoms with E-state index in [2.05, 4.69) is 11.9 Å². The molecule has 15 heavy (non-hydrogen) atoms. The minimum atomic E-state index is 0.397. The molecule has 0 bridgehead atoms. The molecular formula is C13H23NO. The Morgan fingerprint density at radius 1 is 1.27 bits per heavy atom. The molecule has 0 aromatic rings. The molecule has 0 radical (unpaired) electrons. The van der Waals surface area contributed by atoms with Gasteiger partial charge >= 0.3 is 0 Å². The highest BCUT2D eigenvalue weighted by Gasteiger charge is 2.25.